The Hall–Kier alpha value is -1.64. The summed E-state index contributed by atoms with van der Waals surface area (Å²) in [5.74, 6) is 1.44. The quantitative estimate of drug-likeness (QED) is 0.587. The Bertz CT molecular complexity index is 394. The number of nitrogens with zero attached hydrogens (tertiary/aromatic N) is 2. The molecule has 3 heteroatoms. The minimum absolute atomic E-state index is 0.601. The smallest absolute Gasteiger partial charge is 0.240 e. The van der Waals surface area contributed by atoms with Gasteiger partial charge >= 0.3 is 0 Å². The highest BCUT2D eigenvalue weighted by Gasteiger charge is 2.24. The fourth-order valence-corrected chi connectivity index (χ4v) is 1.39. The fourth-order valence-electron chi connectivity index (χ4n) is 1.39. The van der Waals surface area contributed by atoms with Crippen LogP contribution >= 0.6 is 0 Å². The van der Waals surface area contributed by atoms with E-state index in [0.29, 0.717) is 5.90 Å². The van der Waals surface area contributed by atoms with Crippen molar-refractivity contribution in [2.75, 3.05) is 14.1 Å². The highest BCUT2D eigenvalue weighted by molar-refractivity contribution is 6.48. The normalized spacial score (nSPS) is 20.5. The van der Waals surface area contributed by atoms with Crippen molar-refractivity contribution in [1.82, 2.24) is 0 Å². The molecular formula is C10H10N2O. The van der Waals surface area contributed by atoms with Crippen LogP contribution in [0.4, 0.5) is 0 Å². The van der Waals surface area contributed by atoms with E-state index in [1.807, 2.05) is 24.3 Å². The molecule has 1 aromatic rings. The van der Waals surface area contributed by atoms with Crippen LogP contribution in [0.5, 0.6) is 5.75 Å². The van der Waals surface area contributed by atoms with E-state index in [1.165, 1.54) is 0 Å². The second-order valence-electron chi connectivity index (χ2n) is 2.70. The van der Waals surface area contributed by atoms with E-state index in [9.17, 15) is 0 Å². The lowest BCUT2D eigenvalue weighted by molar-refractivity contribution is 0.570. The van der Waals surface area contributed by atoms with E-state index in [0.717, 1.165) is 17.0 Å². The van der Waals surface area contributed by atoms with E-state index in [-0.39, 0.29) is 0 Å². The summed E-state index contributed by atoms with van der Waals surface area (Å²) < 4.78 is 5.48. The van der Waals surface area contributed by atoms with Crippen molar-refractivity contribution in [1.29, 1.82) is 0 Å². The van der Waals surface area contributed by atoms with Gasteiger partial charge in [-0.05, 0) is 12.1 Å². The Morgan fingerprint density at radius 1 is 1.08 bits per heavy atom. The lowest BCUT2D eigenvalue weighted by Gasteiger charge is -1.93. The van der Waals surface area contributed by atoms with Crippen molar-refractivity contribution >= 4 is 11.6 Å². The average molecular weight is 174 g/mol. The third kappa shape index (κ3) is 1.13. The highest BCUT2D eigenvalue weighted by Crippen LogP contribution is 2.25. The largest absolute Gasteiger partial charge is 0.437 e. The van der Waals surface area contributed by atoms with Crippen LogP contribution in [-0.2, 0) is 0 Å². The van der Waals surface area contributed by atoms with Gasteiger partial charge in [0.1, 0.15) is 11.5 Å². The zero-order valence-electron chi connectivity index (χ0n) is 7.61. The molecule has 0 amide bonds. The van der Waals surface area contributed by atoms with E-state index >= 15 is 0 Å². The molecule has 66 valence electrons. The minimum atomic E-state index is 0.601. The molecule has 1 heterocycles. The van der Waals surface area contributed by atoms with Gasteiger partial charge in [-0.15, -0.1) is 0 Å². The van der Waals surface area contributed by atoms with Gasteiger partial charge in [-0.25, -0.2) is 0 Å². The predicted octanol–water partition coefficient (Wildman–Crippen LogP) is 1.53. The minimum Gasteiger partial charge on any atom is -0.437 e. The Balaban J connectivity index is 2.59. The Labute approximate surface area is 76.8 Å². The van der Waals surface area contributed by atoms with Crippen molar-refractivity contribution in [2.24, 2.45) is 9.98 Å². The summed E-state index contributed by atoms with van der Waals surface area (Å²) in [6.45, 7) is 0. The molecule has 0 unspecified atom stereocenters. The van der Waals surface area contributed by atoms with Crippen LogP contribution in [-0.4, -0.2) is 25.7 Å². The van der Waals surface area contributed by atoms with Crippen molar-refractivity contribution in [3.63, 3.8) is 0 Å². The van der Waals surface area contributed by atoms with Crippen LogP contribution in [0.3, 0.4) is 0 Å². The molecule has 0 saturated carbocycles. The van der Waals surface area contributed by atoms with Crippen LogP contribution < -0.4 is 4.74 Å². The lowest BCUT2D eigenvalue weighted by Crippen LogP contribution is -2.12. The van der Waals surface area contributed by atoms with Gasteiger partial charge in [-0.1, -0.05) is 12.1 Å². The molecule has 1 aliphatic rings. The summed E-state index contributed by atoms with van der Waals surface area (Å²) in [7, 11) is 3.44. The van der Waals surface area contributed by atoms with Crippen molar-refractivity contribution in [3.05, 3.63) is 29.8 Å². The zero-order chi connectivity index (χ0) is 9.26. The molecule has 13 heavy (non-hydrogen) atoms. The monoisotopic (exact) mass is 174 g/mol. The fraction of sp³-hybridized carbons (Fsp3) is 0.200. The Kier molecular flexibility index (Phi) is 1.85. The highest BCUT2D eigenvalue weighted by atomic mass is 16.5. The first-order chi connectivity index (χ1) is 6.36. The number of benzene rings is 1. The summed E-state index contributed by atoms with van der Waals surface area (Å²) in [6.07, 6.45) is 0. The molecule has 0 atom stereocenters. The molecular weight excluding hydrogens is 164 g/mol. The number of rotatable bonds is 0. The molecule has 0 spiro atoms. The van der Waals surface area contributed by atoms with Crippen LogP contribution in [0.2, 0.25) is 0 Å². The van der Waals surface area contributed by atoms with Gasteiger partial charge in [-0.3, -0.25) is 9.98 Å². The van der Waals surface area contributed by atoms with Gasteiger partial charge in [-0.2, -0.15) is 0 Å². The van der Waals surface area contributed by atoms with Gasteiger partial charge in [0.15, 0.2) is 0 Å². The topological polar surface area (TPSA) is 34.0 Å². The number of fused-ring (bicyclic) bond motifs is 1. The molecule has 0 fully saturated rings. The predicted molar refractivity (Wildman–Crippen MR) is 52.9 cm³/mol. The molecule has 1 aromatic carbocycles. The number of hydrogen-bond acceptors (Lipinski definition) is 3. The van der Waals surface area contributed by atoms with Crippen LogP contribution in [0.1, 0.15) is 5.56 Å². The maximum Gasteiger partial charge on any atom is 0.240 e. The summed E-state index contributed by atoms with van der Waals surface area (Å²) in [4.78, 5) is 8.16. The SMILES string of the molecule is CN=C1Oc2ccccc2C1=NC. The van der Waals surface area contributed by atoms with Crippen LogP contribution in [0, 0.1) is 0 Å². The second kappa shape index (κ2) is 3.01. The summed E-state index contributed by atoms with van der Waals surface area (Å²) in [6, 6.07) is 7.80. The molecule has 1 aliphatic heterocycles. The third-order valence-electron chi connectivity index (χ3n) is 1.98. The summed E-state index contributed by atoms with van der Waals surface area (Å²) in [5, 5.41) is 0. The Morgan fingerprint density at radius 3 is 2.54 bits per heavy atom. The van der Waals surface area contributed by atoms with Gasteiger partial charge in [0.2, 0.25) is 5.90 Å². The molecule has 0 aliphatic carbocycles. The molecule has 0 N–H and O–H groups in total. The van der Waals surface area contributed by atoms with Gasteiger partial charge in [0.25, 0.3) is 0 Å². The van der Waals surface area contributed by atoms with Crippen molar-refractivity contribution in [3.8, 4) is 5.75 Å². The van der Waals surface area contributed by atoms with Gasteiger partial charge in [0, 0.05) is 19.7 Å². The molecule has 0 aromatic heterocycles. The number of hydrogen-bond donors (Lipinski definition) is 0. The average Bonchev–Trinajstić information content (AvgIpc) is 2.55. The van der Waals surface area contributed by atoms with Gasteiger partial charge < -0.3 is 4.74 Å². The number of para-hydroxylation sites is 1. The molecule has 0 saturated heterocycles. The second-order valence-corrected chi connectivity index (χ2v) is 2.70. The van der Waals surface area contributed by atoms with Crippen LogP contribution in [0.15, 0.2) is 34.3 Å². The Morgan fingerprint density at radius 2 is 1.85 bits per heavy atom. The van der Waals surface area contributed by atoms with Crippen molar-refractivity contribution < 1.29 is 4.74 Å². The first kappa shape index (κ1) is 7.98. The van der Waals surface area contributed by atoms with E-state index in [4.69, 9.17) is 4.74 Å². The molecule has 2 rings (SSSR count). The molecule has 3 nitrogen and oxygen atoms in total. The van der Waals surface area contributed by atoms with E-state index in [2.05, 4.69) is 9.98 Å². The standard InChI is InChI=1S/C10H10N2O/c1-11-9-7-5-3-4-6-8(7)13-10(9)12-2/h3-6H,1-2H3. The molecule has 0 bridgehead atoms. The molecule has 0 radical (unpaired) electrons. The lowest BCUT2D eigenvalue weighted by atomic mass is 10.1. The van der Waals surface area contributed by atoms with E-state index in [1.54, 1.807) is 14.1 Å². The summed E-state index contributed by atoms with van der Waals surface area (Å²) in [5.41, 5.74) is 1.85. The van der Waals surface area contributed by atoms with Crippen LogP contribution in [0.25, 0.3) is 0 Å². The third-order valence-corrected chi connectivity index (χ3v) is 1.98. The number of ether oxygens (including phenoxy) is 1. The van der Waals surface area contributed by atoms with Crippen molar-refractivity contribution in [2.45, 2.75) is 0 Å². The maximum absolute atomic E-state index is 5.48. The summed E-state index contributed by atoms with van der Waals surface area (Å²) >= 11 is 0. The first-order valence-corrected chi connectivity index (χ1v) is 4.08. The van der Waals surface area contributed by atoms with E-state index < -0.39 is 0 Å². The van der Waals surface area contributed by atoms with Gasteiger partial charge in [0.05, 0.1) is 0 Å². The first-order valence-electron chi connectivity index (χ1n) is 4.08. The zero-order valence-corrected chi connectivity index (χ0v) is 7.61. The number of aliphatic imine (C=N–C) groups is 2. The maximum atomic E-state index is 5.48.